The van der Waals surface area contributed by atoms with E-state index in [1.807, 2.05) is 6.07 Å². The molecule has 5 nitrogen and oxygen atoms in total. The van der Waals surface area contributed by atoms with Crippen LogP contribution in [-0.4, -0.2) is 17.2 Å². The van der Waals surface area contributed by atoms with Crippen LogP contribution in [0.4, 0.5) is 0 Å². The van der Waals surface area contributed by atoms with Crippen molar-refractivity contribution in [2.45, 2.75) is 18.9 Å². The third-order valence-electron chi connectivity index (χ3n) is 4.65. The van der Waals surface area contributed by atoms with Crippen LogP contribution in [0.15, 0.2) is 56.1 Å². The minimum atomic E-state index is -0.806. The van der Waals surface area contributed by atoms with Crippen molar-refractivity contribution < 1.29 is 19.1 Å². The molecule has 0 aliphatic heterocycles. The molecule has 0 atom stereocenters. The number of aliphatic carboxylic acids is 1. The summed E-state index contributed by atoms with van der Waals surface area (Å²) in [4.78, 5) is 23.5. The van der Waals surface area contributed by atoms with Crippen LogP contribution in [0.2, 0.25) is 5.02 Å². The molecule has 2 aromatic carbocycles. The van der Waals surface area contributed by atoms with E-state index in [1.165, 1.54) is 6.07 Å². The Morgan fingerprint density at radius 3 is 2.74 bits per heavy atom. The quantitative estimate of drug-likeness (QED) is 0.598. The molecule has 1 heterocycles. The van der Waals surface area contributed by atoms with Crippen LogP contribution < -0.4 is 10.2 Å². The highest BCUT2D eigenvalue weighted by molar-refractivity contribution is 9.10. The lowest BCUT2D eigenvalue weighted by Crippen LogP contribution is -2.38. The number of carbonyl (C=O) groups is 1. The number of halogens is 2. The lowest BCUT2D eigenvalue weighted by molar-refractivity contribution is -0.147. The SMILES string of the molecule is O=C(O)C1CC(Oc2cc(Br)ccc2-c2cc(=O)c3cccc(Cl)c3o2)C1. The van der Waals surface area contributed by atoms with Gasteiger partial charge in [0.2, 0.25) is 0 Å². The lowest BCUT2D eigenvalue weighted by atomic mass is 9.82. The standard InChI is InChI=1S/C20H14BrClO5/c21-11-4-5-14(17(8-11)26-12-6-10(7-12)20(24)25)18-9-16(23)13-2-1-3-15(22)19(13)27-18/h1-5,8-10,12H,6-7H2,(H,24,25). The average Bonchev–Trinajstić information content (AvgIpc) is 2.58. The third kappa shape index (κ3) is 3.47. The minimum Gasteiger partial charge on any atom is -0.490 e. The molecule has 4 rings (SSSR count). The van der Waals surface area contributed by atoms with Crippen molar-refractivity contribution in [3.05, 3.63) is 62.2 Å². The number of hydrogen-bond acceptors (Lipinski definition) is 4. The largest absolute Gasteiger partial charge is 0.490 e. The summed E-state index contributed by atoms with van der Waals surface area (Å²) in [5.41, 5.74) is 0.734. The predicted octanol–water partition coefficient (Wildman–Crippen LogP) is 5.12. The van der Waals surface area contributed by atoms with Crippen LogP contribution in [-0.2, 0) is 4.79 Å². The Kier molecular flexibility index (Phi) is 4.70. The number of ether oxygens (including phenoxy) is 1. The molecule has 7 heteroatoms. The maximum absolute atomic E-state index is 12.5. The molecular formula is C20H14BrClO5. The second-order valence-electron chi connectivity index (χ2n) is 6.48. The Balaban J connectivity index is 1.74. The number of carboxylic acid groups (broad SMARTS) is 1. The molecule has 138 valence electrons. The summed E-state index contributed by atoms with van der Waals surface area (Å²) in [5, 5.41) is 9.79. The van der Waals surface area contributed by atoms with Gasteiger partial charge in [-0.05, 0) is 43.2 Å². The highest BCUT2D eigenvalue weighted by atomic mass is 79.9. The van der Waals surface area contributed by atoms with E-state index in [1.54, 1.807) is 30.3 Å². The van der Waals surface area contributed by atoms with Crippen LogP contribution in [0.5, 0.6) is 5.75 Å². The zero-order chi connectivity index (χ0) is 19.1. The Labute approximate surface area is 167 Å². The fraction of sp³-hybridized carbons (Fsp3) is 0.200. The Bertz CT molecular complexity index is 1100. The molecule has 0 bridgehead atoms. The van der Waals surface area contributed by atoms with E-state index in [0.29, 0.717) is 45.9 Å². The normalized spacial score (nSPS) is 18.9. The number of fused-ring (bicyclic) bond motifs is 1. The number of para-hydroxylation sites is 1. The fourth-order valence-corrected chi connectivity index (χ4v) is 3.67. The van der Waals surface area contributed by atoms with Crippen molar-refractivity contribution in [2.24, 2.45) is 5.92 Å². The zero-order valence-corrected chi connectivity index (χ0v) is 16.3. The minimum absolute atomic E-state index is 0.185. The second kappa shape index (κ2) is 7.02. The van der Waals surface area contributed by atoms with Crippen molar-refractivity contribution in [3.8, 4) is 17.1 Å². The molecule has 0 amide bonds. The summed E-state index contributed by atoms with van der Waals surface area (Å²) >= 11 is 9.60. The van der Waals surface area contributed by atoms with Gasteiger partial charge in [0.05, 0.1) is 21.9 Å². The van der Waals surface area contributed by atoms with Crippen LogP contribution in [0, 0.1) is 5.92 Å². The van der Waals surface area contributed by atoms with Crippen LogP contribution in [0.1, 0.15) is 12.8 Å². The summed E-state index contributed by atoms with van der Waals surface area (Å²) < 4.78 is 12.7. The maximum Gasteiger partial charge on any atom is 0.306 e. The average molecular weight is 450 g/mol. The van der Waals surface area contributed by atoms with Crippen molar-refractivity contribution >= 4 is 44.5 Å². The molecule has 1 aromatic heterocycles. The molecule has 0 radical (unpaired) electrons. The molecule has 1 aliphatic carbocycles. The Morgan fingerprint density at radius 1 is 1.22 bits per heavy atom. The fourth-order valence-electron chi connectivity index (χ4n) is 3.12. The molecule has 1 fully saturated rings. The van der Waals surface area contributed by atoms with E-state index >= 15 is 0 Å². The maximum atomic E-state index is 12.5. The van der Waals surface area contributed by atoms with Gasteiger partial charge in [-0.2, -0.15) is 0 Å². The van der Waals surface area contributed by atoms with E-state index in [4.69, 9.17) is 25.9 Å². The Morgan fingerprint density at radius 2 is 2.00 bits per heavy atom. The number of benzene rings is 2. The highest BCUT2D eigenvalue weighted by Gasteiger charge is 2.36. The van der Waals surface area contributed by atoms with Gasteiger partial charge in [0.15, 0.2) is 11.0 Å². The summed E-state index contributed by atoms with van der Waals surface area (Å²) in [5.74, 6) is -0.313. The Hall–Kier alpha value is -2.31. The van der Waals surface area contributed by atoms with Gasteiger partial charge in [-0.1, -0.05) is 33.6 Å². The van der Waals surface area contributed by atoms with E-state index in [2.05, 4.69) is 15.9 Å². The van der Waals surface area contributed by atoms with Crippen LogP contribution >= 0.6 is 27.5 Å². The van der Waals surface area contributed by atoms with Crippen molar-refractivity contribution in [3.63, 3.8) is 0 Å². The van der Waals surface area contributed by atoms with Gasteiger partial charge >= 0.3 is 5.97 Å². The van der Waals surface area contributed by atoms with Gasteiger partial charge < -0.3 is 14.3 Å². The summed E-state index contributed by atoms with van der Waals surface area (Å²) in [6.45, 7) is 0. The molecule has 1 aliphatic rings. The van der Waals surface area contributed by atoms with Gasteiger partial charge in [0, 0.05) is 10.5 Å². The van der Waals surface area contributed by atoms with Crippen molar-refractivity contribution in [1.82, 2.24) is 0 Å². The van der Waals surface area contributed by atoms with Gasteiger partial charge in [-0.3, -0.25) is 9.59 Å². The van der Waals surface area contributed by atoms with Gasteiger partial charge in [0.1, 0.15) is 17.6 Å². The predicted molar refractivity (Wildman–Crippen MR) is 105 cm³/mol. The summed E-state index contributed by atoms with van der Waals surface area (Å²) in [6, 6.07) is 11.8. The number of hydrogen-bond donors (Lipinski definition) is 1. The number of carboxylic acids is 1. The van der Waals surface area contributed by atoms with Crippen molar-refractivity contribution in [1.29, 1.82) is 0 Å². The number of rotatable bonds is 4. The first kappa shape index (κ1) is 18.1. The first-order chi connectivity index (χ1) is 12.9. The second-order valence-corrected chi connectivity index (χ2v) is 7.80. The molecule has 3 aromatic rings. The smallest absolute Gasteiger partial charge is 0.306 e. The van der Waals surface area contributed by atoms with Crippen LogP contribution in [0.25, 0.3) is 22.3 Å². The third-order valence-corrected chi connectivity index (χ3v) is 5.44. The van der Waals surface area contributed by atoms with E-state index in [0.717, 1.165) is 4.47 Å². The van der Waals surface area contributed by atoms with E-state index < -0.39 is 5.97 Å². The molecule has 0 saturated heterocycles. The first-order valence-corrected chi connectivity index (χ1v) is 9.51. The molecule has 0 unspecified atom stereocenters. The monoisotopic (exact) mass is 448 g/mol. The molecule has 1 N–H and O–H groups in total. The highest BCUT2D eigenvalue weighted by Crippen LogP contribution is 2.38. The van der Waals surface area contributed by atoms with Gasteiger partial charge in [-0.25, -0.2) is 0 Å². The summed E-state index contributed by atoms with van der Waals surface area (Å²) in [7, 11) is 0. The summed E-state index contributed by atoms with van der Waals surface area (Å²) in [6.07, 6.45) is 0.721. The van der Waals surface area contributed by atoms with Crippen molar-refractivity contribution in [2.75, 3.05) is 0 Å². The molecule has 0 spiro atoms. The topological polar surface area (TPSA) is 76.7 Å². The van der Waals surface area contributed by atoms with Crippen LogP contribution in [0.3, 0.4) is 0 Å². The van der Waals surface area contributed by atoms with Gasteiger partial charge in [-0.15, -0.1) is 0 Å². The van der Waals surface area contributed by atoms with E-state index in [9.17, 15) is 9.59 Å². The first-order valence-electron chi connectivity index (χ1n) is 8.34. The lowest BCUT2D eigenvalue weighted by Gasteiger charge is -2.33. The molecular weight excluding hydrogens is 436 g/mol. The van der Waals surface area contributed by atoms with Gasteiger partial charge in [0.25, 0.3) is 0 Å². The van der Waals surface area contributed by atoms with E-state index in [-0.39, 0.29) is 17.5 Å². The molecule has 27 heavy (non-hydrogen) atoms. The molecule has 1 saturated carbocycles. The zero-order valence-electron chi connectivity index (χ0n) is 13.9.